The van der Waals surface area contributed by atoms with Crippen LogP contribution >= 0.6 is 11.6 Å². The number of hydrogen-bond donors (Lipinski definition) is 1. The average Bonchev–Trinajstić information content (AvgIpc) is 3.58. The lowest BCUT2D eigenvalue weighted by atomic mass is 10.1. The van der Waals surface area contributed by atoms with Crippen LogP contribution in [0.3, 0.4) is 0 Å². The highest BCUT2D eigenvalue weighted by Gasteiger charge is 2.43. The molecule has 7 nitrogen and oxygen atoms in total. The van der Waals surface area contributed by atoms with E-state index in [2.05, 4.69) is 34.1 Å². The molecule has 0 aliphatic carbocycles. The van der Waals surface area contributed by atoms with Crippen LogP contribution in [0.1, 0.15) is 20.3 Å². The first-order valence-corrected chi connectivity index (χ1v) is 12.1. The number of H-pyrrole nitrogens is 1. The molecule has 3 saturated heterocycles. The number of nitrogens with zero attached hydrogens (tertiary/aromatic N) is 2. The van der Waals surface area contributed by atoms with Crippen molar-refractivity contribution >= 4 is 28.3 Å². The zero-order valence-electron chi connectivity index (χ0n) is 19.1. The fraction of sp³-hybridized carbons (Fsp3) is 0.480. The molecule has 0 bridgehead atoms. The molecule has 3 atom stereocenters. The Labute approximate surface area is 198 Å². The summed E-state index contributed by atoms with van der Waals surface area (Å²) in [4.78, 5) is 10.4. The largest absolute Gasteiger partial charge is 0.470 e. The first-order valence-electron chi connectivity index (χ1n) is 11.8. The second kappa shape index (κ2) is 9.89. The van der Waals surface area contributed by atoms with Gasteiger partial charge in [-0.15, -0.1) is 0 Å². The lowest BCUT2D eigenvalue weighted by molar-refractivity contribution is 0.0292. The van der Waals surface area contributed by atoms with Gasteiger partial charge >= 0.3 is 0 Å². The molecule has 5 heterocycles. The van der Waals surface area contributed by atoms with Gasteiger partial charge in [-0.2, -0.15) is 0 Å². The van der Waals surface area contributed by atoms with Gasteiger partial charge in [0.2, 0.25) is 0 Å². The molecule has 3 aliphatic rings. The van der Waals surface area contributed by atoms with Crippen LogP contribution in [0, 0.1) is 0 Å². The maximum Gasteiger partial charge on any atom is 0.193 e. The number of morpholine rings is 1. The fourth-order valence-corrected chi connectivity index (χ4v) is 4.88. The van der Waals surface area contributed by atoms with Crippen molar-refractivity contribution in [3.8, 4) is 17.1 Å². The molecule has 2 aromatic heterocycles. The monoisotopic (exact) mass is 471 g/mol. The van der Waals surface area contributed by atoms with Crippen LogP contribution in [0.5, 0.6) is 5.88 Å². The van der Waals surface area contributed by atoms with Crippen molar-refractivity contribution in [1.82, 2.24) is 9.97 Å². The number of hydrogen-bond acceptors (Lipinski definition) is 6. The molecule has 3 aromatic rings. The van der Waals surface area contributed by atoms with Crippen molar-refractivity contribution in [3.05, 3.63) is 41.4 Å². The summed E-state index contributed by atoms with van der Waals surface area (Å²) in [5.41, 5.74) is 4.59. The van der Waals surface area contributed by atoms with Crippen molar-refractivity contribution in [2.45, 2.75) is 38.6 Å². The van der Waals surface area contributed by atoms with E-state index in [0.717, 1.165) is 61.6 Å². The minimum Gasteiger partial charge on any atom is -0.470 e. The molecule has 3 fully saturated rings. The number of pyridine rings is 1. The second-order valence-corrected chi connectivity index (χ2v) is 8.59. The molecular formula is C25H30ClN3O4. The summed E-state index contributed by atoms with van der Waals surface area (Å²) in [7, 11) is 0. The highest BCUT2D eigenvalue weighted by Crippen LogP contribution is 2.34. The first kappa shape index (κ1) is 22.5. The van der Waals surface area contributed by atoms with Crippen LogP contribution in [0.2, 0.25) is 5.02 Å². The van der Waals surface area contributed by atoms with E-state index in [0.29, 0.717) is 17.5 Å². The lowest BCUT2D eigenvalue weighted by Gasteiger charge is -2.28. The summed E-state index contributed by atoms with van der Waals surface area (Å²) in [5, 5.41) is 0.600. The zero-order valence-corrected chi connectivity index (χ0v) is 19.8. The van der Waals surface area contributed by atoms with Crippen molar-refractivity contribution in [3.63, 3.8) is 0 Å². The summed E-state index contributed by atoms with van der Waals surface area (Å²) in [6, 6.07) is 12.2. The molecule has 0 spiro atoms. The number of rotatable bonds is 4. The molecule has 8 heteroatoms. The van der Waals surface area contributed by atoms with E-state index in [4.69, 9.17) is 35.5 Å². The van der Waals surface area contributed by atoms with Gasteiger partial charge in [-0.05, 0) is 24.6 Å². The highest BCUT2D eigenvalue weighted by atomic mass is 35.5. The Hall–Kier alpha value is -2.32. The topological polar surface area (TPSA) is 68.8 Å². The Bertz CT molecular complexity index is 1080. The van der Waals surface area contributed by atoms with E-state index in [-0.39, 0.29) is 18.3 Å². The van der Waals surface area contributed by atoms with Gasteiger partial charge in [0, 0.05) is 37.0 Å². The molecular weight excluding hydrogens is 442 g/mol. The number of ether oxygens (including phenoxy) is 4. The van der Waals surface area contributed by atoms with Crippen LogP contribution in [-0.2, 0) is 14.2 Å². The third kappa shape index (κ3) is 4.55. The molecule has 1 N–H and O–H groups in total. The number of benzene rings is 1. The molecule has 33 heavy (non-hydrogen) atoms. The molecule has 1 aromatic carbocycles. The highest BCUT2D eigenvalue weighted by molar-refractivity contribution is 6.33. The van der Waals surface area contributed by atoms with Crippen molar-refractivity contribution in [2.24, 2.45) is 0 Å². The SMILES string of the molecule is CC.Clc1cc2[nH]c(O[C@@H]3COC4CCO[C@@H]43)cc2nc1-c1ccc(N2CCOCC2)cc1. The molecule has 0 amide bonds. The molecule has 1 unspecified atom stereocenters. The van der Waals surface area contributed by atoms with Gasteiger partial charge in [0.05, 0.1) is 47.7 Å². The van der Waals surface area contributed by atoms with Gasteiger partial charge in [0.25, 0.3) is 0 Å². The minimum absolute atomic E-state index is 0.00324. The number of aromatic nitrogens is 2. The van der Waals surface area contributed by atoms with Gasteiger partial charge in [-0.3, -0.25) is 0 Å². The quantitative estimate of drug-likeness (QED) is 0.595. The molecule has 6 rings (SSSR count). The first-order chi connectivity index (χ1) is 16.2. The predicted octanol–water partition coefficient (Wildman–Crippen LogP) is 4.68. The fourth-order valence-electron chi connectivity index (χ4n) is 4.62. The van der Waals surface area contributed by atoms with Crippen LogP contribution in [0.15, 0.2) is 36.4 Å². The Kier molecular flexibility index (Phi) is 6.74. The standard InChI is InChI=1S/C23H24ClN3O4.C2H6/c24-16-11-17-18(12-21(25-17)31-20-13-30-19-5-8-29-23(19)20)26-22(16)14-1-3-15(4-2-14)27-6-9-28-10-7-27;1-2/h1-4,11-12,19-20,23,25H,5-10,13H2;1-2H3/t19?,20-,23+;/m1./s1. The van der Waals surface area contributed by atoms with Crippen molar-refractivity contribution < 1.29 is 18.9 Å². The van der Waals surface area contributed by atoms with Gasteiger partial charge in [0.15, 0.2) is 12.0 Å². The van der Waals surface area contributed by atoms with Gasteiger partial charge in [-0.25, -0.2) is 4.98 Å². The smallest absolute Gasteiger partial charge is 0.193 e. The number of anilines is 1. The van der Waals surface area contributed by atoms with Crippen LogP contribution in [0.25, 0.3) is 22.3 Å². The second-order valence-electron chi connectivity index (χ2n) is 8.18. The van der Waals surface area contributed by atoms with Gasteiger partial charge < -0.3 is 28.8 Å². The van der Waals surface area contributed by atoms with Crippen LogP contribution < -0.4 is 9.64 Å². The lowest BCUT2D eigenvalue weighted by Crippen LogP contribution is -2.36. The summed E-state index contributed by atoms with van der Waals surface area (Å²) in [6.45, 7) is 8.63. The summed E-state index contributed by atoms with van der Waals surface area (Å²) >= 11 is 6.59. The summed E-state index contributed by atoms with van der Waals surface area (Å²) < 4.78 is 23.1. The predicted molar refractivity (Wildman–Crippen MR) is 129 cm³/mol. The zero-order chi connectivity index (χ0) is 22.8. The summed E-state index contributed by atoms with van der Waals surface area (Å²) in [6.07, 6.45) is 0.975. The van der Waals surface area contributed by atoms with Crippen molar-refractivity contribution in [2.75, 3.05) is 44.4 Å². The third-order valence-corrected chi connectivity index (χ3v) is 6.53. The molecule has 176 valence electrons. The molecule has 0 saturated carbocycles. The van der Waals surface area contributed by atoms with Gasteiger partial charge in [-0.1, -0.05) is 37.6 Å². The normalized spacial score (nSPS) is 24.5. The Morgan fingerprint density at radius 2 is 1.85 bits per heavy atom. The maximum absolute atomic E-state index is 6.59. The number of fused-ring (bicyclic) bond motifs is 2. The average molecular weight is 472 g/mol. The van der Waals surface area contributed by atoms with E-state index < -0.39 is 0 Å². The third-order valence-electron chi connectivity index (χ3n) is 6.25. The number of nitrogens with one attached hydrogen (secondary N) is 1. The number of halogens is 1. The van der Waals surface area contributed by atoms with Crippen LogP contribution in [-0.4, -0.2) is 67.8 Å². The van der Waals surface area contributed by atoms with Crippen molar-refractivity contribution in [1.29, 1.82) is 0 Å². The Morgan fingerprint density at radius 3 is 2.64 bits per heavy atom. The van der Waals surface area contributed by atoms with Crippen LogP contribution in [0.4, 0.5) is 5.69 Å². The Balaban J connectivity index is 0.00000111. The van der Waals surface area contributed by atoms with E-state index >= 15 is 0 Å². The summed E-state index contributed by atoms with van der Waals surface area (Å²) in [5.74, 6) is 0.656. The van der Waals surface area contributed by atoms with E-state index in [9.17, 15) is 0 Å². The number of aromatic amines is 1. The molecule has 3 aliphatic heterocycles. The maximum atomic E-state index is 6.59. The minimum atomic E-state index is -0.108. The van der Waals surface area contributed by atoms with E-state index in [1.807, 2.05) is 26.0 Å². The Morgan fingerprint density at radius 1 is 1.06 bits per heavy atom. The van der Waals surface area contributed by atoms with E-state index in [1.165, 1.54) is 5.69 Å². The van der Waals surface area contributed by atoms with E-state index in [1.54, 1.807) is 0 Å². The molecule has 0 radical (unpaired) electrons. The van der Waals surface area contributed by atoms with Gasteiger partial charge in [0.1, 0.15) is 6.10 Å².